The molecule has 5 heteroatoms. The van der Waals surface area contributed by atoms with Crippen LogP contribution < -0.4 is 11.1 Å². The number of rotatable bonds is 7. The minimum absolute atomic E-state index is 0.178. The minimum atomic E-state index is -0.503. The fourth-order valence-corrected chi connectivity index (χ4v) is 4.29. The minimum Gasteiger partial charge on any atom is -0.381 e. The summed E-state index contributed by atoms with van der Waals surface area (Å²) in [5, 5.41) is 4.08. The van der Waals surface area contributed by atoms with Gasteiger partial charge < -0.3 is 15.8 Å². The first-order valence-electron chi connectivity index (χ1n) is 7.31. The third-order valence-corrected chi connectivity index (χ3v) is 5.54. The van der Waals surface area contributed by atoms with Gasteiger partial charge in [0, 0.05) is 30.3 Å². The molecular weight excluding hydrogens is 260 g/mol. The van der Waals surface area contributed by atoms with Gasteiger partial charge >= 0.3 is 0 Å². The summed E-state index contributed by atoms with van der Waals surface area (Å²) in [7, 11) is 0. The van der Waals surface area contributed by atoms with E-state index >= 15 is 0 Å². The second kappa shape index (κ2) is 6.46. The molecule has 2 fully saturated rings. The molecule has 3 N–H and O–H groups in total. The molecule has 2 rings (SSSR count). The van der Waals surface area contributed by atoms with Crippen LogP contribution in [-0.4, -0.2) is 41.7 Å². The molecule has 19 heavy (non-hydrogen) atoms. The Balaban J connectivity index is 1.97. The summed E-state index contributed by atoms with van der Waals surface area (Å²) in [4.78, 5) is 12.0. The van der Waals surface area contributed by atoms with Gasteiger partial charge in [-0.2, -0.15) is 11.8 Å². The first kappa shape index (κ1) is 15.1. The van der Waals surface area contributed by atoms with Gasteiger partial charge in [0.25, 0.3) is 0 Å². The fraction of sp³-hybridized carbons (Fsp3) is 0.929. The van der Waals surface area contributed by atoms with Gasteiger partial charge in [0.2, 0.25) is 5.91 Å². The summed E-state index contributed by atoms with van der Waals surface area (Å²) in [6.45, 7) is 5.86. The van der Waals surface area contributed by atoms with Crippen LogP contribution in [0.25, 0.3) is 0 Å². The number of hydrogen-bond acceptors (Lipinski definition) is 4. The van der Waals surface area contributed by atoms with Gasteiger partial charge in [-0.3, -0.25) is 4.79 Å². The molecule has 1 atom stereocenters. The van der Waals surface area contributed by atoms with Crippen LogP contribution in [0.1, 0.15) is 39.5 Å². The highest BCUT2D eigenvalue weighted by Crippen LogP contribution is 2.42. The van der Waals surface area contributed by atoms with Crippen molar-refractivity contribution in [3.63, 3.8) is 0 Å². The summed E-state index contributed by atoms with van der Waals surface area (Å²) in [6.07, 6.45) is 4.42. The lowest BCUT2D eigenvalue weighted by molar-refractivity contribution is -0.124. The largest absolute Gasteiger partial charge is 0.381 e. The number of carbonyl (C=O) groups is 1. The first-order chi connectivity index (χ1) is 9.04. The van der Waals surface area contributed by atoms with Crippen LogP contribution in [0, 0.1) is 5.92 Å². The van der Waals surface area contributed by atoms with Gasteiger partial charge in [-0.25, -0.2) is 0 Å². The van der Waals surface area contributed by atoms with Gasteiger partial charge in [0.15, 0.2) is 0 Å². The molecule has 2 aliphatic rings. The zero-order valence-corrected chi connectivity index (χ0v) is 12.8. The maximum atomic E-state index is 12.0. The number of hydrogen-bond donors (Lipinski definition) is 2. The smallest absolute Gasteiger partial charge is 0.238 e. The Hall–Kier alpha value is -0.260. The maximum absolute atomic E-state index is 12.0. The quantitative estimate of drug-likeness (QED) is 0.745. The topological polar surface area (TPSA) is 64.3 Å². The predicted molar refractivity (Wildman–Crippen MR) is 79.2 cm³/mol. The molecule has 0 aromatic heterocycles. The lowest BCUT2D eigenvalue weighted by Gasteiger charge is -2.35. The Morgan fingerprint density at radius 1 is 1.37 bits per heavy atom. The van der Waals surface area contributed by atoms with Crippen molar-refractivity contribution >= 4 is 17.7 Å². The Morgan fingerprint density at radius 3 is 2.47 bits per heavy atom. The second-order valence-corrected chi connectivity index (χ2v) is 7.32. The maximum Gasteiger partial charge on any atom is 0.238 e. The molecule has 0 bridgehead atoms. The third-order valence-electron chi connectivity index (χ3n) is 3.98. The van der Waals surface area contributed by atoms with Gasteiger partial charge in [-0.1, -0.05) is 0 Å². The van der Waals surface area contributed by atoms with Crippen molar-refractivity contribution in [2.45, 2.75) is 56.4 Å². The van der Waals surface area contributed by atoms with E-state index in [2.05, 4.69) is 19.2 Å². The molecule has 1 saturated heterocycles. The molecule has 1 aliphatic carbocycles. The lowest BCUT2D eigenvalue weighted by Crippen LogP contribution is -2.61. The van der Waals surface area contributed by atoms with Crippen molar-refractivity contribution in [3.8, 4) is 0 Å². The number of nitrogens with two attached hydrogens (primary N) is 1. The molecule has 1 aliphatic heterocycles. The normalized spacial score (nSPS) is 24.4. The molecule has 1 heterocycles. The molecule has 1 amide bonds. The van der Waals surface area contributed by atoms with Crippen LogP contribution >= 0.6 is 11.8 Å². The van der Waals surface area contributed by atoms with Crippen LogP contribution in [0.5, 0.6) is 0 Å². The lowest BCUT2D eigenvalue weighted by atomic mass is 9.93. The number of thioether (sulfide) groups is 1. The molecule has 0 radical (unpaired) electrons. The highest BCUT2D eigenvalue weighted by molar-refractivity contribution is 8.00. The van der Waals surface area contributed by atoms with Gasteiger partial charge in [0.1, 0.15) is 5.54 Å². The number of carbonyl (C=O) groups excluding carboxylic acids is 1. The van der Waals surface area contributed by atoms with Crippen LogP contribution in [0.2, 0.25) is 0 Å². The number of nitrogens with one attached hydrogen (secondary N) is 1. The van der Waals surface area contributed by atoms with Crippen molar-refractivity contribution < 1.29 is 9.53 Å². The van der Waals surface area contributed by atoms with Crippen LogP contribution in [0.4, 0.5) is 0 Å². The monoisotopic (exact) mass is 286 g/mol. The molecule has 4 nitrogen and oxygen atoms in total. The summed E-state index contributed by atoms with van der Waals surface area (Å²) in [5.74, 6) is 1.05. The SMILES string of the molecule is CC(C)NC(CSC1CCOCC1)(C(N)=O)C1CC1. The van der Waals surface area contributed by atoms with E-state index in [9.17, 15) is 4.79 Å². The van der Waals surface area contributed by atoms with Gasteiger partial charge in [-0.15, -0.1) is 0 Å². The number of ether oxygens (including phenoxy) is 1. The number of primary amides is 1. The Kier molecular flexibility index (Phi) is 5.15. The zero-order valence-electron chi connectivity index (χ0n) is 12.0. The average Bonchev–Trinajstić information content (AvgIpc) is 3.19. The van der Waals surface area contributed by atoms with E-state index in [1.54, 1.807) is 0 Å². The van der Waals surface area contributed by atoms with Crippen LogP contribution in [-0.2, 0) is 9.53 Å². The van der Waals surface area contributed by atoms with E-state index in [0.717, 1.165) is 44.6 Å². The molecule has 0 aromatic rings. The fourth-order valence-electron chi connectivity index (χ4n) is 2.80. The Labute approximate surface area is 120 Å². The molecule has 0 aromatic carbocycles. The van der Waals surface area contributed by atoms with E-state index in [1.807, 2.05) is 11.8 Å². The summed E-state index contributed by atoms with van der Waals surface area (Å²) in [6, 6.07) is 0.281. The molecular formula is C14H26N2O2S. The standard InChI is InChI=1S/C14H26N2O2S/c1-10(2)16-14(13(15)17,11-3-4-11)9-19-12-5-7-18-8-6-12/h10-12,16H,3-9H2,1-2H3,(H2,15,17). The van der Waals surface area contributed by atoms with Crippen molar-refractivity contribution in [1.82, 2.24) is 5.32 Å². The highest BCUT2D eigenvalue weighted by atomic mass is 32.2. The van der Waals surface area contributed by atoms with Crippen LogP contribution in [0.15, 0.2) is 0 Å². The van der Waals surface area contributed by atoms with Crippen molar-refractivity contribution in [1.29, 1.82) is 0 Å². The van der Waals surface area contributed by atoms with Crippen molar-refractivity contribution in [2.75, 3.05) is 19.0 Å². The van der Waals surface area contributed by atoms with Gasteiger partial charge in [0.05, 0.1) is 0 Å². The van der Waals surface area contributed by atoms with E-state index in [1.165, 1.54) is 0 Å². The van der Waals surface area contributed by atoms with Crippen LogP contribution in [0.3, 0.4) is 0 Å². The van der Waals surface area contributed by atoms with E-state index in [-0.39, 0.29) is 11.9 Å². The number of amides is 1. The summed E-state index contributed by atoms with van der Waals surface area (Å²) < 4.78 is 5.38. The van der Waals surface area contributed by atoms with E-state index < -0.39 is 5.54 Å². The molecule has 0 spiro atoms. The van der Waals surface area contributed by atoms with E-state index in [4.69, 9.17) is 10.5 Å². The first-order valence-corrected chi connectivity index (χ1v) is 8.36. The summed E-state index contributed by atoms with van der Waals surface area (Å²) in [5.41, 5.74) is 5.23. The highest BCUT2D eigenvalue weighted by Gasteiger charge is 2.50. The van der Waals surface area contributed by atoms with Crippen molar-refractivity contribution in [3.05, 3.63) is 0 Å². The van der Waals surface area contributed by atoms with E-state index in [0.29, 0.717) is 11.2 Å². The van der Waals surface area contributed by atoms with Gasteiger partial charge in [-0.05, 0) is 45.4 Å². The summed E-state index contributed by atoms with van der Waals surface area (Å²) >= 11 is 1.90. The average molecular weight is 286 g/mol. The second-order valence-electron chi connectivity index (χ2n) is 6.03. The molecule has 1 saturated carbocycles. The Bertz CT molecular complexity index is 315. The Morgan fingerprint density at radius 2 is 2.00 bits per heavy atom. The molecule has 110 valence electrons. The third kappa shape index (κ3) is 3.86. The van der Waals surface area contributed by atoms with Crippen molar-refractivity contribution in [2.24, 2.45) is 11.7 Å². The predicted octanol–water partition coefficient (Wildman–Crippen LogP) is 1.53. The molecule has 1 unspecified atom stereocenters. The zero-order chi connectivity index (χ0) is 13.9.